The molecule has 1 unspecified atom stereocenters. The van der Waals surface area contributed by atoms with Crippen molar-refractivity contribution >= 4 is 21.6 Å². The lowest BCUT2D eigenvalue weighted by Gasteiger charge is -2.33. The third kappa shape index (κ3) is 3.59. The highest BCUT2D eigenvalue weighted by Gasteiger charge is 2.22. The Kier molecular flexibility index (Phi) is 4.51. The van der Waals surface area contributed by atoms with Crippen molar-refractivity contribution in [2.45, 2.75) is 25.4 Å². The van der Waals surface area contributed by atoms with E-state index in [1.807, 2.05) is 28.9 Å². The monoisotopic (exact) mass is 358 g/mol. The molecule has 0 spiro atoms. The maximum atomic E-state index is 12.5. The van der Waals surface area contributed by atoms with Gasteiger partial charge in [0.2, 0.25) is 6.43 Å². The summed E-state index contributed by atoms with van der Waals surface area (Å²) in [5, 5.41) is 3.15. The molecule has 0 aromatic carbocycles. The van der Waals surface area contributed by atoms with Gasteiger partial charge in [-0.15, -0.1) is 0 Å². The van der Waals surface area contributed by atoms with Gasteiger partial charge in [-0.25, -0.2) is 13.8 Å². The van der Waals surface area contributed by atoms with E-state index in [9.17, 15) is 8.78 Å². The van der Waals surface area contributed by atoms with Gasteiger partial charge < -0.3 is 9.72 Å². The summed E-state index contributed by atoms with van der Waals surface area (Å²) >= 11 is 3.48. The zero-order valence-corrected chi connectivity index (χ0v) is 13.1. The van der Waals surface area contributed by atoms with Gasteiger partial charge in [-0.2, -0.15) is 0 Å². The van der Waals surface area contributed by atoms with Crippen molar-refractivity contribution in [2.24, 2.45) is 0 Å². The maximum absolute atomic E-state index is 12.5. The molecule has 21 heavy (non-hydrogen) atoms. The molecular weight excluding hydrogens is 342 g/mol. The van der Waals surface area contributed by atoms with Gasteiger partial charge in [0.05, 0.1) is 10.2 Å². The molecule has 4 nitrogen and oxygen atoms in total. The first-order valence-corrected chi connectivity index (χ1v) is 7.77. The highest BCUT2D eigenvalue weighted by Crippen LogP contribution is 2.18. The van der Waals surface area contributed by atoms with E-state index < -0.39 is 6.43 Å². The first-order chi connectivity index (χ1) is 10.1. The number of aromatic nitrogens is 2. The number of hydrogen-bond acceptors (Lipinski definition) is 3. The molecule has 0 aliphatic carbocycles. The van der Waals surface area contributed by atoms with Crippen molar-refractivity contribution < 1.29 is 8.78 Å². The molecule has 1 saturated heterocycles. The van der Waals surface area contributed by atoms with Crippen LogP contribution < -0.4 is 5.32 Å². The summed E-state index contributed by atoms with van der Waals surface area (Å²) in [5.74, 6) is 0. The first kappa shape index (κ1) is 14.9. The number of halogens is 3. The Morgan fingerprint density at radius 2 is 2.33 bits per heavy atom. The summed E-state index contributed by atoms with van der Waals surface area (Å²) in [7, 11) is 0. The summed E-state index contributed by atoms with van der Waals surface area (Å²) in [6.07, 6.45) is 1.60. The van der Waals surface area contributed by atoms with Crippen LogP contribution in [0.2, 0.25) is 0 Å². The number of hydrogen-bond donors (Lipinski definition) is 1. The molecule has 1 aliphatic rings. The van der Waals surface area contributed by atoms with E-state index in [0.717, 1.165) is 28.9 Å². The molecule has 3 heterocycles. The topological polar surface area (TPSA) is 32.6 Å². The van der Waals surface area contributed by atoms with Crippen molar-refractivity contribution in [1.82, 2.24) is 19.6 Å². The highest BCUT2D eigenvalue weighted by molar-refractivity contribution is 9.10. The molecule has 7 heteroatoms. The molecular formula is C14H17BrF2N4. The number of nitrogens with one attached hydrogen (secondary N) is 1. The molecule has 3 rings (SSSR count). The van der Waals surface area contributed by atoms with E-state index >= 15 is 0 Å². The van der Waals surface area contributed by atoms with Crippen LogP contribution in [-0.2, 0) is 6.54 Å². The van der Waals surface area contributed by atoms with Gasteiger partial charge in [0.25, 0.3) is 0 Å². The minimum Gasteiger partial charge on any atom is -0.311 e. The van der Waals surface area contributed by atoms with Crippen LogP contribution in [0.4, 0.5) is 8.78 Å². The highest BCUT2D eigenvalue weighted by atomic mass is 79.9. The standard InChI is InChI=1S/C14H17BrF2N4/c15-12-2-1-4-21-9-11(19-14(12)21)8-20-5-3-18-10(7-20)6-13(16)17/h1-2,4,9-10,13,18H,3,5-8H2. The van der Waals surface area contributed by atoms with Crippen LogP contribution in [0.5, 0.6) is 0 Å². The third-order valence-electron chi connectivity index (χ3n) is 3.67. The van der Waals surface area contributed by atoms with Gasteiger partial charge in [-0.1, -0.05) is 0 Å². The van der Waals surface area contributed by atoms with E-state index in [2.05, 4.69) is 31.1 Å². The summed E-state index contributed by atoms with van der Waals surface area (Å²) in [4.78, 5) is 6.78. The molecule has 2 aromatic heterocycles. The van der Waals surface area contributed by atoms with E-state index in [0.29, 0.717) is 13.1 Å². The molecule has 0 radical (unpaired) electrons. The smallest absolute Gasteiger partial charge is 0.240 e. The Morgan fingerprint density at radius 1 is 1.48 bits per heavy atom. The van der Waals surface area contributed by atoms with Gasteiger partial charge in [0, 0.05) is 51.0 Å². The average Bonchev–Trinajstić information content (AvgIpc) is 2.82. The zero-order chi connectivity index (χ0) is 14.8. The SMILES string of the molecule is FC(F)CC1CN(Cc2cn3cccc(Br)c3n2)CCN1. The lowest BCUT2D eigenvalue weighted by Crippen LogP contribution is -2.50. The predicted molar refractivity (Wildman–Crippen MR) is 80.6 cm³/mol. The van der Waals surface area contributed by atoms with Gasteiger partial charge >= 0.3 is 0 Å². The Hall–Kier alpha value is -1.05. The number of nitrogens with zero attached hydrogens (tertiary/aromatic N) is 3. The van der Waals surface area contributed by atoms with Crippen molar-refractivity contribution in [1.29, 1.82) is 0 Å². The molecule has 1 atom stereocenters. The fraction of sp³-hybridized carbons (Fsp3) is 0.500. The largest absolute Gasteiger partial charge is 0.311 e. The first-order valence-electron chi connectivity index (χ1n) is 6.98. The van der Waals surface area contributed by atoms with Crippen molar-refractivity contribution in [3.8, 4) is 0 Å². The van der Waals surface area contributed by atoms with Gasteiger partial charge in [-0.3, -0.25) is 4.90 Å². The predicted octanol–water partition coefficient (Wildman–Crippen LogP) is 2.53. The number of imidazole rings is 1. The molecule has 0 amide bonds. The molecule has 1 aliphatic heterocycles. The molecule has 114 valence electrons. The fourth-order valence-electron chi connectivity index (χ4n) is 2.75. The summed E-state index contributed by atoms with van der Waals surface area (Å²) in [5.41, 5.74) is 1.84. The number of fused-ring (bicyclic) bond motifs is 1. The van der Waals surface area contributed by atoms with Crippen molar-refractivity contribution in [3.63, 3.8) is 0 Å². The number of pyridine rings is 1. The van der Waals surface area contributed by atoms with Crippen LogP contribution in [0.25, 0.3) is 5.65 Å². The van der Waals surface area contributed by atoms with Crippen LogP contribution in [0.15, 0.2) is 29.0 Å². The number of piperazine rings is 1. The minimum atomic E-state index is -2.26. The lowest BCUT2D eigenvalue weighted by molar-refractivity contribution is 0.0962. The average molecular weight is 359 g/mol. The van der Waals surface area contributed by atoms with Crippen molar-refractivity contribution in [2.75, 3.05) is 19.6 Å². The van der Waals surface area contributed by atoms with Crippen molar-refractivity contribution in [3.05, 3.63) is 34.7 Å². The Labute approximate surface area is 130 Å². The van der Waals surface area contributed by atoms with Gasteiger partial charge in [-0.05, 0) is 28.1 Å². The minimum absolute atomic E-state index is 0.0901. The summed E-state index contributed by atoms with van der Waals surface area (Å²) < 4.78 is 27.9. The van der Waals surface area contributed by atoms with Gasteiger partial charge in [0.15, 0.2) is 5.65 Å². The third-order valence-corrected chi connectivity index (χ3v) is 4.29. The quantitative estimate of drug-likeness (QED) is 0.911. The Morgan fingerprint density at radius 3 is 3.10 bits per heavy atom. The number of rotatable bonds is 4. The van der Waals surface area contributed by atoms with Crippen LogP contribution in [0.3, 0.4) is 0 Å². The Bertz CT molecular complexity index is 616. The van der Waals surface area contributed by atoms with E-state index in [-0.39, 0.29) is 12.5 Å². The van der Waals surface area contributed by atoms with Crippen LogP contribution in [-0.4, -0.2) is 46.4 Å². The van der Waals surface area contributed by atoms with E-state index in [4.69, 9.17) is 0 Å². The number of alkyl halides is 2. The maximum Gasteiger partial charge on any atom is 0.240 e. The molecule has 0 bridgehead atoms. The van der Waals surface area contributed by atoms with Crippen LogP contribution in [0.1, 0.15) is 12.1 Å². The second-order valence-corrected chi connectivity index (χ2v) is 6.19. The fourth-order valence-corrected chi connectivity index (χ4v) is 3.19. The molecule has 0 saturated carbocycles. The molecule has 1 fully saturated rings. The molecule has 2 aromatic rings. The lowest BCUT2D eigenvalue weighted by atomic mass is 10.1. The molecule has 1 N–H and O–H groups in total. The second-order valence-electron chi connectivity index (χ2n) is 5.33. The van der Waals surface area contributed by atoms with Crippen LogP contribution in [0, 0.1) is 0 Å². The van der Waals surface area contributed by atoms with E-state index in [1.165, 1.54) is 0 Å². The normalized spacial score (nSPS) is 20.5. The summed E-state index contributed by atoms with van der Waals surface area (Å²) in [6, 6.07) is 3.77. The zero-order valence-electron chi connectivity index (χ0n) is 11.5. The van der Waals surface area contributed by atoms with E-state index in [1.54, 1.807) is 0 Å². The van der Waals surface area contributed by atoms with Crippen LogP contribution >= 0.6 is 15.9 Å². The Balaban J connectivity index is 1.68. The second kappa shape index (κ2) is 6.37. The summed E-state index contributed by atoms with van der Waals surface area (Å²) in [6.45, 7) is 2.93. The van der Waals surface area contributed by atoms with Gasteiger partial charge in [0.1, 0.15) is 0 Å².